The minimum absolute atomic E-state index is 0.0105. The van der Waals surface area contributed by atoms with Crippen molar-refractivity contribution in [1.29, 1.82) is 0 Å². The number of rotatable bonds is 6. The zero-order valence-electron chi connectivity index (χ0n) is 14.1. The standard InChI is InChI=1S/C16H21BN6O/c1-16(2,10-24)22-13-6-14(19-8-11-4-3-5-18-7-11)23-15(21-13)12(17)9-20-23/h3-7,9,19,24H,8,10,17H2,1-2H3,(H,21,22). The number of aliphatic hydroxyl groups is 1. The first-order valence-electron chi connectivity index (χ1n) is 7.86. The summed E-state index contributed by atoms with van der Waals surface area (Å²) in [4.78, 5) is 8.74. The van der Waals surface area contributed by atoms with Crippen molar-refractivity contribution in [2.75, 3.05) is 17.2 Å². The van der Waals surface area contributed by atoms with E-state index in [4.69, 9.17) is 0 Å². The van der Waals surface area contributed by atoms with Gasteiger partial charge in [-0.25, -0.2) is 4.98 Å². The molecule has 124 valence electrons. The molecule has 0 spiro atoms. The van der Waals surface area contributed by atoms with E-state index in [0.29, 0.717) is 12.4 Å². The molecule has 0 aliphatic carbocycles. The molecule has 0 bridgehead atoms. The fourth-order valence-electron chi connectivity index (χ4n) is 2.34. The van der Waals surface area contributed by atoms with Crippen LogP contribution in [0.2, 0.25) is 0 Å². The van der Waals surface area contributed by atoms with Crippen molar-refractivity contribution < 1.29 is 5.11 Å². The Kier molecular flexibility index (Phi) is 4.39. The summed E-state index contributed by atoms with van der Waals surface area (Å²) in [5.41, 5.74) is 2.39. The van der Waals surface area contributed by atoms with Gasteiger partial charge in [-0.3, -0.25) is 4.98 Å². The van der Waals surface area contributed by atoms with Gasteiger partial charge in [0, 0.05) is 31.2 Å². The van der Waals surface area contributed by atoms with Gasteiger partial charge in [-0.1, -0.05) is 6.07 Å². The Bertz CT molecular complexity index is 833. The molecule has 0 atom stereocenters. The third kappa shape index (κ3) is 3.49. The van der Waals surface area contributed by atoms with Crippen molar-refractivity contribution in [3.05, 3.63) is 42.4 Å². The fraction of sp³-hybridized carbons (Fsp3) is 0.312. The maximum atomic E-state index is 9.47. The second-order valence-corrected chi connectivity index (χ2v) is 6.47. The number of anilines is 2. The molecular weight excluding hydrogens is 303 g/mol. The van der Waals surface area contributed by atoms with E-state index >= 15 is 0 Å². The quantitative estimate of drug-likeness (QED) is 0.561. The molecule has 3 rings (SSSR count). The van der Waals surface area contributed by atoms with Crippen LogP contribution in [0, 0.1) is 0 Å². The fourth-order valence-corrected chi connectivity index (χ4v) is 2.34. The number of nitrogens with zero attached hydrogens (tertiary/aromatic N) is 4. The summed E-state index contributed by atoms with van der Waals surface area (Å²) in [6, 6.07) is 5.82. The van der Waals surface area contributed by atoms with Gasteiger partial charge in [-0.15, -0.1) is 0 Å². The minimum atomic E-state index is -0.458. The average molecular weight is 324 g/mol. The average Bonchev–Trinajstić information content (AvgIpc) is 2.95. The largest absolute Gasteiger partial charge is 0.394 e. The highest BCUT2D eigenvalue weighted by atomic mass is 16.3. The predicted octanol–water partition coefficient (Wildman–Crippen LogP) is 0.178. The molecule has 8 heteroatoms. The molecule has 0 saturated carbocycles. The summed E-state index contributed by atoms with van der Waals surface area (Å²) < 4.78 is 1.78. The molecule has 3 aromatic rings. The van der Waals surface area contributed by atoms with Crippen molar-refractivity contribution in [2.24, 2.45) is 0 Å². The van der Waals surface area contributed by atoms with Crippen molar-refractivity contribution >= 4 is 30.6 Å². The number of pyridine rings is 1. The molecule has 24 heavy (non-hydrogen) atoms. The van der Waals surface area contributed by atoms with Crippen molar-refractivity contribution in [1.82, 2.24) is 19.6 Å². The Morgan fingerprint density at radius 1 is 1.33 bits per heavy atom. The molecule has 0 aromatic carbocycles. The van der Waals surface area contributed by atoms with E-state index in [1.165, 1.54) is 0 Å². The zero-order chi connectivity index (χ0) is 17.2. The second kappa shape index (κ2) is 6.49. The van der Waals surface area contributed by atoms with E-state index < -0.39 is 5.54 Å². The Morgan fingerprint density at radius 2 is 2.17 bits per heavy atom. The molecule has 7 nitrogen and oxygen atoms in total. The highest BCUT2D eigenvalue weighted by Crippen LogP contribution is 2.19. The summed E-state index contributed by atoms with van der Waals surface area (Å²) >= 11 is 0. The van der Waals surface area contributed by atoms with Gasteiger partial charge in [-0.2, -0.15) is 9.61 Å². The van der Waals surface area contributed by atoms with Gasteiger partial charge in [0.15, 0.2) is 5.65 Å². The van der Waals surface area contributed by atoms with Gasteiger partial charge in [-0.05, 0) is 30.9 Å². The van der Waals surface area contributed by atoms with Gasteiger partial charge in [0.25, 0.3) is 0 Å². The summed E-state index contributed by atoms with van der Waals surface area (Å²) in [5, 5.41) is 20.5. The molecule has 0 radical (unpaired) electrons. The summed E-state index contributed by atoms with van der Waals surface area (Å²) in [6.45, 7) is 4.49. The van der Waals surface area contributed by atoms with Crippen LogP contribution in [-0.2, 0) is 6.54 Å². The molecular formula is C16H21BN6O. The van der Waals surface area contributed by atoms with Crippen LogP contribution in [0.1, 0.15) is 19.4 Å². The lowest BCUT2D eigenvalue weighted by molar-refractivity contribution is 0.234. The van der Waals surface area contributed by atoms with E-state index in [1.807, 2.05) is 46.1 Å². The van der Waals surface area contributed by atoms with Crippen LogP contribution in [-0.4, -0.2) is 44.7 Å². The lowest BCUT2D eigenvalue weighted by atomic mass is 10.0. The molecule has 3 heterocycles. The topological polar surface area (TPSA) is 87.4 Å². The maximum Gasteiger partial charge on any atom is 0.153 e. The van der Waals surface area contributed by atoms with Gasteiger partial charge >= 0.3 is 0 Å². The number of aromatic nitrogens is 4. The van der Waals surface area contributed by atoms with E-state index in [-0.39, 0.29) is 6.61 Å². The van der Waals surface area contributed by atoms with Crippen LogP contribution in [0.25, 0.3) is 5.65 Å². The van der Waals surface area contributed by atoms with Crippen molar-refractivity contribution in [2.45, 2.75) is 25.9 Å². The molecule has 0 aliphatic heterocycles. The SMILES string of the molecule is Bc1cnn2c(NCc3cccnc3)cc(NC(C)(C)CO)nc12. The predicted molar refractivity (Wildman–Crippen MR) is 97.5 cm³/mol. The smallest absolute Gasteiger partial charge is 0.153 e. The zero-order valence-corrected chi connectivity index (χ0v) is 14.1. The van der Waals surface area contributed by atoms with Crippen LogP contribution in [0.5, 0.6) is 0 Å². The van der Waals surface area contributed by atoms with E-state index in [0.717, 1.165) is 22.5 Å². The molecule has 0 saturated heterocycles. The van der Waals surface area contributed by atoms with Crippen LogP contribution < -0.4 is 16.1 Å². The summed E-state index contributed by atoms with van der Waals surface area (Å²) in [6.07, 6.45) is 5.37. The van der Waals surface area contributed by atoms with Crippen LogP contribution in [0.4, 0.5) is 11.6 Å². The third-order valence-corrected chi connectivity index (χ3v) is 3.71. The monoisotopic (exact) mass is 324 g/mol. The van der Waals surface area contributed by atoms with Crippen molar-refractivity contribution in [3.63, 3.8) is 0 Å². The van der Waals surface area contributed by atoms with Gasteiger partial charge in [0.1, 0.15) is 19.5 Å². The van der Waals surface area contributed by atoms with E-state index in [2.05, 4.69) is 25.7 Å². The molecule has 3 N–H and O–H groups in total. The highest BCUT2D eigenvalue weighted by Gasteiger charge is 2.18. The molecule has 0 aliphatic rings. The van der Waals surface area contributed by atoms with E-state index in [1.54, 1.807) is 16.9 Å². The first-order chi connectivity index (χ1) is 11.5. The number of aliphatic hydroxyl groups excluding tert-OH is 1. The van der Waals surface area contributed by atoms with Crippen LogP contribution in [0.15, 0.2) is 36.8 Å². The number of hydrogen-bond donors (Lipinski definition) is 3. The first-order valence-corrected chi connectivity index (χ1v) is 7.86. The highest BCUT2D eigenvalue weighted by molar-refractivity contribution is 6.36. The Balaban J connectivity index is 1.93. The summed E-state index contributed by atoms with van der Waals surface area (Å²) in [7, 11) is 1.97. The Hall–Kier alpha value is -2.61. The van der Waals surface area contributed by atoms with E-state index in [9.17, 15) is 5.11 Å². The number of fused-ring (bicyclic) bond motifs is 1. The Morgan fingerprint density at radius 3 is 2.88 bits per heavy atom. The van der Waals surface area contributed by atoms with Gasteiger partial charge < -0.3 is 15.7 Å². The minimum Gasteiger partial charge on any atom is -0.394 e. The third-order valence-electron chi connectivity index (χ3n) is 3.71. The van der Waals surface area contributed by atoms with Gasteiger partial charge in [0.05, 0.1) is 12.1 Å². The maximum absolute atomic E-state index is 9.47. The first kappa shape index (κ1) is 16.3. The lowest BCUT2D eigenvalue weighted by Gasteiger charge is -2.24. The molecule has 0 fully saturated rings. The van der Waals surface area contributed by atoms with Crippen molar-refractivity contribution in [3.8, 4) is 0 Å². The van der Waals surface area contributed by atoms with Crippen LogP contribution in [0.3, 0.4) is 0 Å². The van der Waals surface area contributed by atoms with Gasteiger partial charge in [0.2, 0.25) is 0 Å². The number of nitrogens with one attached hydrogen (secondary N) is 2. The second-order valence-electron chi connectivity index (χ2n) is 6.47. The normalized spacial score (nSPS) is 11.6. The van der Waals surface area contributed by atoms with Crippen LogP contribution >= 0.6 is 0 Å². The molecule has 3 aromatic heterocycles. The summed E-state index contributed by atoms with van der Waals surface area (Å²) in [5.74, 6) is 1.52. The lowest BCUT2D eigenvalue weighted by Crippen LogP contribution is -2.35. The Labute approximate surface area is 141 Å². The molecule has 0 amide bonds. The number of hydrogen-bond acceptors (Lipinski definition) is 6. The molecule has 0 unspecified atom stereocenters.